The molecular weight excluding hydrogens is 370 g/mol. The van der Waals surface area contributed by atoms with E-state index in [0.29, 0.717) is 24.3 Å². The van der Waals surface area contributed by atoms with E-state index in [9.17, 15) is 4.79 Å². The van der Waals surface area contributed by atoms with Gasteiger partial charge in [-0.05, 0) is 25.0 Å². The smallest absolute Gasteiger partial charge is 0.255 e. The maximum atomic E-state index is 13.0. The van der Waals surface area contributed by atoms with Crippen LogP contribution in [0.3, 0.4) is 0 Å². The van der Waals surface area contributed by atoms with E-state index in [1.54, 1.807) is 0 Å². The number of hydrogen-bond acceptors (Lipinski definition) is 2. The average Bonchev–Trinajstić information content (AvgIpc) is 3.18. The lowest BCUT2D eigenvalue weighted by molar-refractivity contribution is 0.0951. The monoisotopic (exact) mass is 395 g/mol. The predicted molar refractivity (Wildman–Crippen MR) is 120 cm³/mol. The number of aryl methyl sites for hydroxylation is 2. The Hall–Kier alpha value is -3.66. The van der Waals surface area contributed by atoms with Crippen molar-refractivity contribution in [2.45, 2.75) is 26.9 Å². The zero-order valence-electron chi connectivity index (χ0n) is 17.3. The summed E-state index contributed by atoms with van der Waals surface area (Å²) in [6, 6.07) is 26.4. The summed E-state index contributed by atoms with van der Waals surface area (Å²) in [6.45, 7) is 5.20. The van der Waals surface area contributed by atoms with Crippen molar-refractivity contribution in [1.82, 2.24) is 15.1 Å². The highest BCUT2D eigenvalue weighted by Gasteiger charge is 2.18. The molecule has 4 nitrogen and oxygen atoms in total. The molecule has 0 aliphatic carbocycles. The van der Waals surface area contributed by atoms with Gasteiger partial charge in [-0.2, -0.15) is 5.10 Å². The topological polar surface area (TPSA) is 46.9 Å². The van der Waals surface area contributed by atoms with Crippen molar-refractivity contribution < 1.29 is 4.79 Å². The van der Waals surface area contributed by atoms with Crippen LogP contribution < -0.4 is 5.32 Å². The molecule has 0 saturated carbocycles. The van der Waals surface area contributed by atoms with Crippen molar-refractivity contribution in [3.63, 3.8) is 0 Å². The van der Waals surface area contributed by atoms with E-state index >= 15 is 0 Å². The van der Waals surface area contributed by atoms with Crippen LogP contribution in [0, 0.1) is 13.8 Å². The molecule has 150 valence electrons. The molecule has 0 saturated heterocycles. The van der Waals surface area contributed by atoms with Crippen molar-refractivity contribution in [1.29, 1.82) is 0 Å². The van der Waals surface area contributed by atoms with Crippen molar-refractivity contribution >= 4 is 5.91 Å². The van der Waals surface area contributed by atoms with Gasteiger partial charge in [-0.1, -0.05) is 90.0 Å². The van der Waals surface area contributed by atoms with E-state index in [-0.39, 0.29) is 5.91 Å². The highest BCUT2D eigenvalue weighted by molar-refractivity contribution is 5.99. The molecule has 1 aromatic heterocycles. The molecule has 1 N–H and O–H groups in total. The number of carbonyl (C=O) groups excluding carboxylic acids is 1. The second kappa shape index (κ2) is 8.78. The first-order valence-corrected chi connectivity index (χ1v) is 10.1. The highest BCUT2D eigenvalue weighted by Crippen LogP contribution is 2.23. The maximum absolute atomic E-state index is 13.0. The molecular formula is C26H25N3O. The zero-order chi connectivity index (χ0) is 20.9. The van der Waals surface area contributed by atoms with Gasteiger partial charge in [-0.3, -0.25) is 9.48 Å². The number of nitrogens with one attached hydrogen (secondary N) is 1. The summed E-state index contributed by atoms with van der Waals surface area (Å²) in [5, 5.41) is 7.79. The van der Waals surface area contributed by atoms with E-state index in [4.69, 9.17) is 5.10 Å². The predicted octanol–water partition coefficient (Wildman–Crippen LogP) is 5.15. The van der Waals surface area contributed by atoms with Gasteiger partial charge in [0, 0.05) is 18.3 Å². The molecule has 0 bridgehead atoms. The fraction of sp³-hybridized carbons (Fsp3) is 0.154. The molecule has 0 atom stereocenters. The normalized spacial score (nSPS) is 10.7. The molecule has 0 radical (unpaired) electrons. The van der Waals surface area contributed by atoms with Gasteiger partial charge >= 0.3 is 0 Å². The third-order valence-electron chi connectivity index (χ3n) is 5.09. The number of hydrogen-bond donors (Lipinski definition) is 1. The average molecular weight is 396 g/mol. The van der Waals surface area contributed by atoms with E-state index in [2.05, 4.69) is 36.5 Å². The number of amides is 1. The van der Waals surface area contributed by atoms with Crippen LogP contribution in [0.2, 0.25) is 0 Å². The Balaban J connectivity index is 1.61. The van der Waals surface area contributed by atoms with Crippen molar-refractivity contribution in [3.8, 4) is 11.3 Å². The summed E-state index contributed by atoms with van der Waals surface area (Å²) in [7, 11) is 0. The molecule has 3 aromatic carbocycles. The highest BCUT2D eigenvalue weighted by atomic mass is 16.1. The fourth-order valence-electron chi connectivity index (χ4n) is 3.35. The van der Waals surface area contributed by atoms with Crippen LogP contribution in [0.4, 0.5) is 0 Å². The van der Waals surface area contributed by atoms with Gasteiger partial charge in [-0.15, -0.1) is 0 Å². The molecule has 4 rings (SSSR count). The maximum Gasteiger partial charge on any atom is 0.255 e. The minimum atomic E-state index is -0.120. The van der Waals surface area contributed by atoms with Crippen LogP contribution >= 0.6 is 0 Å². The van der Waals surface area contributed by atoms with Crippen LogP contribution in [0.25, 0.3) is 11.3 Å². The van der Waals surface area contributed by atoms with Gasteiger partial charge < -0.3 is 5.32 Å². The van der Waals surface area contributed by atoms with E-state index in [1.165, 1.54) is 11.1 Å². The summed E-state index contributed by atoms with van der Waals surface area (Å²) in [6.07, 6.45) is 1.84. The Kier molecular flexibility index (Phi) is 5.75. The Morgan fingerprint density at radius 1 is 0.833 bits per heavy atom. The van der Waals surface area contributed by atoms with Crippen LogP contribution in [0.1, 0.15) is 32.6 Å². The number of nitrogens with zero attached hydrogens (tertiary/aromatic N) is 2. The summed E-state index contributed by atoms with van der Waals surface area (Å²) in [4.78, 5) is 13.0. The minimum absolute atomic E-state index is 0.120. The molecule has 1 heterocycles. The van der Waals surface area contributed by atoms with E-state index in [1.807, 2.05) is 72.4 Å². The standard InChI is InChI=1S/C26H25N3O/c1-19-8-12-21(13-9-19)16-27-26(30)24-18-29(17-22-6-4-3-5-7-22)28-25(24)23-14-10-20(2)11-15-23/h3-15,18H,16-17H2,1-2H3,(H,27,30). The lowest BCUT2D eigenvalue weighted by Gasteiger charge is -2.06. The van der Waals surface area contributed by atoms with Gasteiger partial charge in [-0.25, -0.2) is 0 Å². The second-order valence-corrected chi connectivity index (χ2v) is 7.61. The molecule has 30 heavy (non-hydrogen) atoms. The van der Waals surface area contributed by atoms with Crippen LogP contribution in [0.5, 0.6) is 0 Å². The van der Waals surface area contributed by atoms with Gasteiger partial charge in [0.1, 0.15) is 5.69 Å². The van der Waals surface area contributed by atoms with Gasteiger partial charge in [0.05, 0.1) is 12.1 Å². The SMILES string of the molecule is Cc1ccc(CNC(=O)c2cn(Cc3ccccc3)nc2-c2ccc(C)cc2)cc1. The Bertz CT molecular complexity index is 1130. The number of benzene rings is 3. The lowest BCUT2D eigenvalue weighted by atomic mass is 10.1. The van der Waals surface area contributed by atoms with Crippen LogP contribution in [-0.2, 0) is 13.1 Å². The Morgan fingerprint density at radius 2 is 1.47 bits per heavy atom. The van der Waals surface area contributed by atoms with Crippen LogP contribution in [-0.4, -0.2) is 15.7 Å². The van der Waals surface area contributed by atoms with Gasteiger partial charge in [0.2, 0.25) is 0 Å². The molecule has 4 heteroatoms. The third kappa shape index (κ3) is 4.66. The minimum Gasteiger partial charge on any atom is -0.348 e. The molecule has 0 aliphatic rings. The van der Waals surface area contributed by atoms with Crippen molar-refractivity contribution in [2.75, 3.05) is 0 Å². The largest absolute Gasteiger partial charge is 0.348 e. The summed E-state index contributed by atoms with van der Waals surface area (Å²) in [5.74, 6) is -0.120. The number of aromatic nitrogens is 2. The van der Waals surface area contributed by atoms with Crippen molar-refractivity contribution in [3.05, 3.63) is 113 Å². The first-order chi connectivity index (χ1) is 14.6. The Labute approximate surface area is 177 Å². The first kappa shape index (κ1) is 19.6. The second-order valence-electron chi connectivity index (χ2n) is 7.61. The van der Waals surface area contributed by atoms with Crippen molar-refractivity contribution in [2.24, 2.45) is 0 Å². The summed E-state index contributed by atoms with van der Waals surface area (Å²) >= 11 is 0. The Morgan fingerprint density at radius 3 is 2.13 bits per heavy atom. The quantitative estimate of drug-likeness (QED) is 0.491. The summed E-state index contributed by atoms with van der Waals surface area (Å²) in [5.41, 5.74) is 6.81. The molecule has 0 fully saturated rings. The van der Waals surface area contributed by atoms with E-state index < -0.39 is 0 Å². The van der Waals surface area contributed by atoms with Crippen LogP contribution in [0.15, 0.2) is 85.1 Å². The van der Waals surface area contributed by atoms with Gasteiger partial charge in [0.15, 0.2) is 0 Å². The van der Waals surface area contributed by atoms with Gasteiger partial charge in [0.25, 0.3) is 5.91 Å². The summed E-state index contributed by atoms with van der Waals surface area (Å²) < 4.78 is 1.84. The first-order valence-electron chi connectivity index (χ1n) is 10.1. The lowest BCUT2D eigenvalue weighted by Crippen LogP contribution is -2.23. The third-order valence-corrected chi connectivity index (χ3v) is 5.09. The fourth-order valence-corrected chi connectivity index (χ4v) is 3.35. The molecule has 0 aliphatic heterocycles. The van der Waals surface area contributed by atoms with E-state index in [0.717, 1.165) is 16.7 Å². The number of carbonyl (C=O) groups is 1. The molecule has 0 spiro atoms. The molecule has 1 amide bonds. The molecule has 0 unspecified atom stereocenters. The molecule has 4 aromatic rings. The zero-order valence-corrected chi connectivity index (χ0v) is 17.3. The number of rotatable bonds is 6.